The van der Waals surface area contributed by atoms with Gasteiger partial charge in [0.05, 0.1) is 6.17 Å². The minimum atomic E-state index is -0.667. The summed E-state index contributed by atoms with van der Waals surface area (Å²) in [6, 6.07) is 0. The van der Waals surface area contributed by atoms with E-state index in [4.69, 9.17) is 0 Å². The maximum absolute atomic E-state index is 11.0. The summed E-state index contributed by atoms with van der Waals surface area (Å²) < 4.78 is 11.0. The Morgan fingerprint density at radius 1 is 1.00 bits per heavy atom. The van der Waals surface area contributed by atoms with Crippen LogP contribution in [0.15, 0.2) is 36.0 Å². The van der Waals surface area contributed by atoms with Crippen molar-refractivity contribution in [2.24, 2.45) is 11.8 Å². The number of hydrogen-bond donors (Lipinski definition) is 0. The zero-order valence-electron chi connectivity index (χ0n) is 18.7. The van der Waals surface area contributed by atoms with Crippen molar-refractivity contribution >= 4 is 0 Å². The lowest BCUT2D eigenvalue weighted by Gasteiger charge is -2.18. The summed E-state index contributed by atoms with van der Waals surface area (Å²) in [5, 5.41) is 0. The molecule has 0 aliphatic heterocycles. The quantitative estimate of drug-likeness (QED) is 0.217. The monoisotopic (exact) mass is 365 g/mol. The third-order valence-electron chi connectivity index (χ3n) is 4.82. The molecular weight excluding hydrogens is 319 g/mol. The second-order valence-corrected chi connectivity index (χ2v) is 7.42. The predicted molar refractivity (Wildman–Crippen MR) is 119 cm³/mol. The van der Waals surface area contributed by atoms with E-state index >= 15 is 0 Å². The van der Waals surface area contributed by atoms with Crippen molar-refractivity contribution in [1.29, 1.82) is 0 Å². The number of allylic oxidation sites excluding steroid dienone is 6. The summed E-state index contributed by atoms with van der Waals surface area (Å²) >= 11 is 0. The minimum absolute atomic E-state index is 0.667. The maximum atomic E-state index is 11.0. The maximum Gasteiger partial charge on any atom is 0.0945 e. The highest BCUT2D eigenvalue weighted by Crippen LogP contribution is 2.22. The van der Waals surface area contributed by atoms with Crippen LogP contribution in [0.4, 0.5) is 4.39 Å². The Bertz CT molecular complexity index is 356. The van der Waals surface area contributed by atoms with Gasteiger partial charge >= 0.3 is 0 Å². The van der Waals surface area contributed by atoms with Gasteiger partial charge in [-0.3, -0.25) is 0 Å². The largest absolute Gasteiger partial charge is 0.248 e. The molecule has 0 amide bonds. The molecule has 1 atom stereocenters. The molecule has 0 aromatic carbocycles. The van der Waals surface area contributed by atoms with Crippen molar-refractivity contribution in [1.82, 2.24) is 0 Å². The van der Waals surface area contributed by atoms with E-state index in [0.717, 1.165) is 11.8 Å². The van der Waals surface area contributed by atoms with E-state index in [2.05, 4.69) is 58.4 Å². The average Bonchev–Trinajstić information content (AvgIpc) is 3.12. The lowest BCUT2D eigenvalue weighted by atomic mass is 9.88. The first-order valence-electron chi connectivity index (χ1n) is 10.9. The number of alkyl halides is 1. The van der Waals surface area contributed by atoms with Crippen LogP contribution in [0.2, 0.25) is 0 Å². The van der Waals surface area contributed by atoms with Crippen LogP contribution in [0.25, 0.3) is 0 Å². The molecule has 0 spiro atoms. The van der Waals surface area contributed by atoms with Gasteiger partial charge < -0.3 is 0 Å². The normalized spacial score (nSPS) is 15.1. The lowest BCUT2D eigenvalue weighted by molar-refractivity contribution is 0.328. The van der Waals surface area contributed by atoms with E-state index in [1.54, 1.807) is 5.57 Å². The highest BCUT2D eigenvalue weighted by molar-refractivity contribution is 5.11. The van der Waals surface area contributed by atoms with E-state index in [0.29, 0.717) is 0 Å². The second-order valence-electron chi connectivity index (χ2n) is 7.42. The molecule has 0 fully saturated rings. The van der Waals surface area contributed by atoms with Gasteiger partial charge in [-0.05, 0) is 71.1 Å². The fourth-order valence-corrected chi connectivity index (χ4v) is 3.01. The number of rotatable bonds is 9. The molecule has 1 heteroatoms. The molecule has 153 valence electrons. The summed E-state index contributed by atoms with van der Waals surface area (Å²) in [6.07, 6.45) is 22.8. The van der Waals surface area contributed by atoms with Crippen LogP contribution in [0.3, 0.4) is 0 Å². The Balaban J connectivity index is 0. The van der Waals surface area contributed by atoms with Crippen LogP contribution in [-0.2, 0) is 0 Å². The number of halogens is 1. The lowest BCUT2D eigenvalue weighted by Crippen LogP contribution is -2.07. The fraction of sp³-hybridized carbons (Fsp3) is 0.720. The predicted octanol–water partition coefficient (Wildman–Crippen LogP) is 9.05. The first kappa shape index (κ1) is 27.4. The molecule has 0 N–H and O–H groups in total. The fourth-order valence-electron chi connectivity index (χ4n) is 3.01. The molecule has 0 saturated carbocycles. The first-order chi connectivity index (χ1) is 12.4. The third kappa shape index (κ3) is 19.5. The highest BCUT2D eigenvalue weighted by atomic mass is 19.1. The van der Waals surface area contributed by atoms with E-state index in [1.165, 1.54) is 65.2 Å². The molecule has 0 heterocycles. The summed E-state index contributed by atoms with van der Waals surface area (Å²) in [4.78, 5) is 0. The van der Waals surface area contributed by atoms with Crippen molar-refractivity contribution in [3.8, 4) is 0 Å². The van der Waals surface area contributed by atoms with Crippen molar-refractivity contribution in [3.63, 3.8) is 0 Å². The average molecular weight is 366 g/mol. The van der Waals surface area contributed by atoms with Crippen LogP contribution in [0.5, 0.6) is 0 Å². The van der Waals surface area contributed by atoms with Gasteiger partial charge in [0, 0.05) is 0 Å². The SMILES string of the molecule is C/C=C/C=C/[CH]CCC1=CCCC1.CC(C)F.CCC(C)C(CC)CC. The molecule has 1 aliphatic carbocycles. The van der Waals surface area contributed by atoms with Crippen LogP contribution in [0.1, 0.15) is 99.8 Å². The molecule has 1 aliphatic rings. The van der Waals surface area contributed by atoms with Gasteiger partial charge in [0.25, 0.3) is 0 Å². The van der Waals surface area contributed by atoms with E-state index in [-0.39, 0.29) is 0 Å². The van der Waals surface area contributed by atoms with Crippen LogP contribution >= 0.6 is 0 Å². The van der Waals surface area contributed by atoms with E-state index in [9.17, 15) is 4.39 Å². The van der Waals surface area contributed by atoms with Gasteiger partial charge in [-0.1, -0.05) is 82.9 Å². The topological polar surface area (TPSA) is 0 Å². The Kier molecular flexibility index (Phi) is 21.5. The third-order valence-corrected chi connectivity index (χ3v) is 4.82. The van der Waals surface area contributed by atoms with Crippen LogP contribution in [0, 0.1) is 18.3 Å². The zero-order chi connectivity index (χ0) is 20.2. The van der Waals surface area contributed by atoms with Gasteiger partial charge in [-0.2, -0.15) is 0 Å². The molecule has 0 nitrogen and oxygen atoms in total. The zero-order valence-corrected chi connectivity index (χ0v) is 18.7. The molecule has 0 aromatic rings. The van der Waals surface area contributed by atoms with Crippen molar-refractivity contribution in [2.45, 2.75) is 106 Å². The Morgan fingerprint density at radius 3 is 2.00 bits per heavy atom. The molecule has 0 saturated heterocycles. The molecule has 1 rings (SSSR count). The van der Waals surface area contributed by atoms with Gasteiger partial charge in [-0.25, -0.2) is 4.39 Å². The van der Waals surface area contributed by atoms with Gasteiger partial charge in [0.1, 0.15) is 0 Å². The van der Waals surface area contributed by atoms with Crippen molar-refractivity contribution in [3.05, 3.63) is 42.4 Å². The Labute approximate surface area is 165 Å². The minimum Gasteiger partial charge on any atom is -0.248 e. The van der Waals surface area contributed by atoms with Crippen LogP contribution in [-0.4, -0.2) is 6.17 Å². The smallest absolute Gasteiger partial charge is 0.0945 e. The van der Waals surface area contributed by atoms with E-state index < -0.39 is 6.17 Å². The highest BCUT2D eigenvalue weighted by Gasteiger charge is 2.09. The molecule has 0 bridgehead atoms. The van der Waals surface area contributed by atoms with Crippen LogP contribution < -0.4 is 0 Å². The standard InChI is InChI=1S/C13H19.C9H20.C3H7F/c1-2-3-4-5-6-7-10-13-11-8-9-12-13;1-5-8(4)9(6-2)7-3;1-3(2)4/h2-6,11H,7-10,12H2,1H3;8-9H,5-7H2,1-4H3;3H,1-2H3/b3-2+,5-4+;;. The van der Waals surface area contributed by atoms with Gasteiger partial charge in [0.2, 0.25) is 0 Å². The Morgan fingerprint density at radius 2 is 1.62 bits per heavy atom. The first-order valence-corrected chi connectivity index (χ1v) is 10.9. The van der Waals surface area contributed by atoms with Gasteiger partial charge in [-0.15, -0.1) is 0 Å². The summed E-state index contributed by atoms with van der Waals surface area (Å²) in [5.74, 6) is 1.90. The molecule has 26 heavy (non-hydrogen) atoms. The summed E-state index contributed by atoms with van der Waals surface area (Å²) in [5.41, 5.74) is 1.66. The van der Waals surface area contributed by atoms with Crippen molar-refractivity contribution < 1.29 is 4.39 Å². The second kappa shape index (κ2) is 20.5. The molecule has 1 radical (unpaired) electrons. The summed E-state index contributed by atoms with van der Waals surface area (Å²) in [7, 11) is 0. The van der Waals surface area contributed by atoms with Crippen molar-refractivity contribution in [2.75, 3.05) is 0 Å². The number of unbranched alkanes of at least 4 members (excludes halogenated alkanes) is 1. The van der Waals surface area contributed by atoms with Gasteiger partial charge in [0.15, 0.2) is 0 Å². The molecule has 1 unspecified atom stereocenters. The number of hydrogen-bond acceptors (Lipinski definition) is 0. The molecule has 0 aromatic heterocycles. The van der Waals surface area contributed by atoms with E-state index in [1.807, 2.05) is 13.0 Å². The molecular formula is C25H46F. The Hall–Kier alpha value is -0.850. The summed E-state index contributed by atoms with van der Waals surface area (Å²) in [6.45, 7) is 14.3.